The molecule has 144 valence electrons. The maximum atomic E-state index is 11.3. The first-order valence-electron chi connectivity index (χ1n) is 9.60. The number of halogens is 1. The molecule has 1 aromatic carbocycles. The Hall–Kier alpha value is -1.75. The van der Waals surface area contributed by atoms with E-state index in [1.807, 2.05) is 12.1 Å². The van der Waals surface area contributed by atoms with Gasteiger partial charge in [0.25, 0.3) is 0 Å². The van der Waals surface area contributed by atoms with Crippen LogP contribution in [0.2, 0.25) is 5.02 Å². The maximum absolute atomic E-state index is 11.3. The van der Waals surface area contributed by atoms with Gasteiger partial charge in [0.15, 0.2) is 5.96 Å². The van der Waals surface area contributed by atoms with Gasteiger partial charge in [0, 0.05) is 43.5 Å². The molecule has 1 aliphatic rings. The summed E-state index contributed by atoms with van der Waals surface area (Å²) in [6.45, 7) is 7.64. The maximum Gasteiger partial charge on any atom is 0.217 e. The number of primary amides is 1. The molecule has 3 N–H and O–H groups in total. The zero-order chi connectivity index (χ0) is 18.9. The molecule has 2 unspecified atom stereocenters. The van der Waals surface area contributed by atoms with Gasteiger partial charge in [0.2, 0.25) is 5.91 Å². The number of nitrogens with two attached hydrogens (primary N) is 1. The van der Waals surface area contributed by atoms with E-state index in [4.69, 9.17) is 22.3 Å². The quantitative estimate of drug-likeness (QED) is 0.564. The van der Waals surface area contributed by atoms with Gasteiger partial charge in [0.1, 0.15) is 0 Å². The lowest BCUT2D eigenvalue weighted by Gasteiger charge is -2.35. The first-order valence-corrected chi connectivity index (χ1v) is 9.98. The number of likely N-dealkylation sites (tertiary alicyclic amines) is 1. The van der Waals surface area contributed by atoms with Crippen molar-refractivity contribution in [1.82, 2.24) is 10.2 Å². The molecule has 1 heterocycles. The lowest BCUT2D eigenvalue weighted by molar-refractivity contribution is -0.119. The van der Waals surface area contributed by atoms with E-state index < -0.39 is 0 Å². The monoisotopic (exact) mass is 378 g/mol. The van der Waals surface area contributed by atoms with Gasteiger partial charge in [-0.2, -0.15) is 0 Å². The van der Waals surface area contributed by atoms with Crippen LogP contribution in [0.25, 0.3) is 0 Å². The Bertz CT molecular complexity index is 602. The van der Waals surface area contributed by atoms with E-state index in [1.54, 1.807) is 0 Å². The van der Waals surface area contributed by atoms with E-state index in [2.05, 4.69) is 36.2 Å². The first kappa shape index (κ1) is 20.6. The smallest absolute Gasteiger partial charge is 0.217 e. The van der Waals surface area contributed by atoms with Crippen LogP contribution in [0.3, 0.4) is 0 Å². The molecule has 0 spiro atoms. The largest absolute Gasteiger partial charge is 0.370 e. The number of guanidine groups is 1. The number of amides is 1. The van der Waals surface area contributed by atoms with Crippen molar-refractivity contribution in [2.24, 2.45) is 16.6 Å². The van der Waals surface area contributed by atoms with Crippen LogP contribution < -0.4 is 11.1 Å². The number of piperidine rings is 1. The van der Waals surface area contributed by atoms with E-state index in [9.17, 15) is 4.79 Å². The van der Waals surface area contributed by atoms with E-state index in [0.717, 1.165) is 56.4 Å². The van der Waals surface area contributed by atoms with Crippen LogP contribution in [0.1, 0.15) is 51.0 Å². The molecule has 1 fully saturated rings. The number of carbonyl (C=O) groups excluding carboxylic acids is 1. The summed E-state index contributed by atoms with van der Waals surface area (Å²) < 4.78 is 0. The second kappa shape index (κ2) is 10.4. The van der Waals surface area contributed by atoms with Gasteiger partial charge in [-0.05, 0) is 49.8 Å². The Labute approximate surface area is 162 Å². The van der Waals surface area contributed by atoms with Crippen molar-refractivity contribution in [3.63, 3.8) is 0 Å². The van der Waals surface area contributed by atoms with Gasteiger partial charge in [-0.15, -0.1) is 0 Å². The Morgan fingerprint density at radius 3 is 2.73 bits per heavy atom. The zero-order valence-electron chi connectivity index (χ0n) is 15.9. The van der Waals surface area contributed by atoms with Crippen molar-refractivity contribution in [2.75, 3.05) is 26.2 Å². The highest BCUT2D eigenvalue weighted by molar-refractivity contribution is 6.30. The van der Waals surface area contributed by atoms with Crippen LogP contribution in [-0.2, 0) is 4.79 Å². The third kappa shape index (κ3) is 6.20. The molecule has 2 atom stereocenters. The standard InChI is InChI=1S/C20H31ClN4O/c1-3-16(17-7-9-18(21)10-8-17)13-24-20(23-4-2)25-11-5-6-15(14-25)12-19(22)26/h7-10,15-16H,3-6,11-14H2,1-2H3,(H2,22,26)(H,23,24). The van der Waals surface area contributed by atoms with Crippen LogP contribution in [-0.4, -0.2) is 42.9 Å². The average Bonchev–Trinajstić information content (AvgIpc) is 2.62. The molecular weight excluding hydrogens is 348 g/mol. The van der Waals surface area contributed by atoms with Gasteiger partial charge in [0.05, 0.1) is 0 Å². The highest BCUT2D eigenvalue weighted by Gasteiger charge is 2.23. The van der Waals surface area contributed by atoms with E-state index >= 15 is 0 Å². The van der Waals surface area contributed by atoms with E-state index in [-0.39, 0.29) is 5.91 Å². The summed E-state index contributed by atoms with van der Waals surface area (Å²) in [4.78, 5) is 18.4. The molecule has 1 saturated heterocycles. The third-order valence-corrected chi connectivity index (χ3v) is 5.19. The number of benzene rings is 1. The molecule has 0 aliphatic carbocycles. The lowest BCUT2D eigenvalue weighted by Crippen LogP contribution is -2.47. The summed E-state index contributed by atoms with van der Waals surface area (Å²) in [6.07, 6.45) is 3.60. The van der Waals surface area contributed by atoms with Crippen molar-refractivity contribution >= 4 is 23.5 Å². The van der Waals surface area contributed by atoms with Crippen molar-refractivity contribution < 1.29 is 4.79 Å². The Kier molecular flexibility index (Phi) is 8.23. The number of nitrogens with zero attached hydrogens (tertiary/aromatic N) is 2. The van der Waals surface area contributed by atoms with Crippen LogP contribution in [0.15, 0.2) is 29.3 Å². The molecule has 0 radical (unpaired) electrons. The fourth-order valence-electron chi connectivity index (χ4n) is 3.54. The molecule has 6 heteroatoms. The number of aliphatic imine (C=N–C) groups is 1. The van der Waals surface area contributed by atoms with Gasteiger partial charge >= 0.3 is 0 Å². The topological polar surface area (TPSA) is 70.7 Å². The second-order valence-electron chi connectivity index (χ2n) is 6.98. The van der Waals surface area contributed by atoms with Crippen molar-refractivity contribution in [1.29, 1.82) is 0 Å². The number of nitrogens with one attached hydrogen (secondary N) is 1. The van der Waals surface area contributed by atoms with E-state index in [1.165, 1.54) is 5.56 Å². The zero-order valence-corrected chi connectivity index (χ0v) is 16.6. The Morgan fingerprint density at radius 1 is 1.38 bits per heavy atom. The van der Waals surface area contributed by atoms with Crippen molar-refractivity contribution in [2.45, 2.75) is 45.4 Å². The SMILES string of the molecule is CCNC(=NCC(CC)c1ccc(Cl)cc1)N1CCCC(CC(N)=O)C1. The summed E-state index contributed by atoms with van der Waals surface area (Å²) in [6, 6.07) is 8.05. The van der Waals surface area contributed by atoms with Crippen molar-refractivity contribution in [3.8, 4) is 0 Å². The Balaban J connectivity index is 2.06. The minimum absolute atomic E-state index is 0.215. The molecule has 1 amide bonds. The van der Waals surface area contributed by atoms with Crippen LogP contribution >= 0.6 is 11.6 Å². The fraction of sp³-hybridized carbons (Fsp3) is 0.600. The molecule has 0 aromatic heterocycles. The fourth-order valence-corrected chi connectivity index (χ4v) is 3.66. The average molecular weight is 379 g/mol. The number of hydrogen-bond donors (Lipinski definition) is 2. The third-order valence-electron chi connectivity index (χ3n) is 4.94. The van der Waals surface area contributed by atoms with Crippen LogP contribution in [0, 0.1) is 5.92 Å². The highest BCUT2D eigenvalue weighted by atomic mass is 35.5. The van der Waals surface area contributed by atoms with Crippen LogP contribution in [0.5, 0.6) is 0 Å². The normalized spacial score (nSPS) is 19.3. The summed E-state index contributed by atoms with van der Waals surface area (Å²) >= 11 is 6.00. The van der Waals surface area contributed by atoms with Crippen LogP contribution in [0.4, 0.5) is 0 Å². The molecule has 2 rings (SSSR count). The van der Waals surface area contributed by atoms with Gasteiger partial charge in [-0.3, -0.25) is 9.79 Å². The number of carbonyl (C=O) groups is 1. The predicted molar refractivity (Wildman–Crippen MR) is 109 cm³/mol. The number of rotatable bonds is 7. The van der Waals surface area contributed by atoms with Gasteiger partial charge < -0.3 is 16.0 Å². The molecule has 1 aromatic rings. The highest BCUT2D eigenvalue weighted by Crippen LogP contribution is 2.23. The van der Waals surface area contributed by atoms with Crippen molar-refractivity contribution in [3.05, 3.63) is 34.9 Å². The lowest BCUT2D eigenvalue weighted by atomic mass is 9.94. The molecule has 0 saturated carbocycles. The Morgan fingerprint density at radius 2 is 2.12 bits per heavy atom. The minimum atomic E-state index is -0.215. The second-order valence-corrected chi connectivity index (χ2v) is 7.41. The summed E-state index contributed by atoms with van der Waals surface area (Å²) in [5, 5.41) is 4.16. The summed E-state index contributed by atoms with van der Waals surface area (Å²) in [5.74, 6) is 1.41. The molecular formula is C20H31ClN4O. The minimum Gasteiger partial charge on any atom is -0.370 e. The number of hydrogen-bond acceptors (Lipinski definition) is 2. The molecule has 1 aliphatic heterocycles. The molecule has 0 bridgehead atoms. The van der Waals surface area contributed by atoms with Gasteiger partial charge in [-0.25, -0.2) is 0 Å². The van der Waals surface area contributed by atoms with E-state index in [0.29, 0.717) is 18.3 Å². The molecule has 26 heavy (non-hydrogen) atoms. The summed E-state index contributed by atoms with van der Waals surface area (Å²) in [7, 11) is 0. The molecule has 5 nitrogen and oxygen atoms in total. The summed E-state index contributed by atoms with van der Waals surface area (Å²) in [5.41, 5.74) is 6.65. The van der Waals surface area contributed by atoms with Gasteiger partial charge in [-0.1, -0.05) is 30.7 Å². The predicted octanol–water partition coefficient (Wildman–Crippen LogP) is 3.39. The first-order chi connectivity index (χ1) is 12.5.